The van der Waals surface area contributed by atoms with E-state index in [-0.39, 0.29) is 0 Å². The Morgan fingerprint density at radius 1 is 1.50 bits per heavy atom. The Kier molecular flexibility index (Phi) is 1.24. The molecular formula is C8H7BrO. The van der Waals surface area contributed by atoms with Crippen LogP contribution < -0.4 is 0 Å². The fraction of sp³-hybridized carbons (Fsp3) is 0.250. The van der Waals surface area contributed by atoms with Crippen LogP contribution in [0.25, 0.3) is 0 Å². The Bertz CT molecular complexity index is 270. The molecule has 0 aliphatic heterocycles. The maximum atomic E-state index is 9.04. The minimum absolute atomic E-state index is 0.373. The van der Waals surface area contributed by atoms with Crippen molar-refractivity contribution in [2.75, 3.05) is 0 Å². The smallest absolute Gasteiger partial charge is 0.115 e. The summed E-state index contributed by atoms with van der Waals surface area (Å²) in [5.74, 6) is 0.373. The first-order valence-electron chi connectivity index (χ1n) is 3.23. The average molecular weight is 199 g/mol. The van der Waals surface area contributed by atoms with Crippen molar-refractivity contribution in [1.29, 1.82) is 0 Å². The molecule has 0 bridgehead atoms. The van der Waals surface area contributed by atoms with Gasteiger partial charge in [0.05, 0.1) is 0 Å². The topological polar surface area (TPSA) is 20.2 Å². The molecule has 1 unspecified atom stereocenters. The molecule has 0 saturated heterocycles. The van der Waals surface area contributed by atoms with E-state index in [2.05, 4.69) is 15.9 Å². The summed E-state index contributed by atoms with van der Waals surface area (Å²) in [5, 5.41) is 9.04. The minimum atomic E-state index is 0.373. The number of phenolic OH excluding ortho intramolecular Hbond substituents is 1. The minimum Gasteiger partial charge on any atom is -0.508 e. The van der Waals surface area contributed by atoms with E-state index in [1.54, 1.807) is 6.07 Å². The zero-order valence-corrected chi connectivity index (χ0v) is 6.93. The van der Waals surface area contributed by atoms with Gasteiger partial charge < -0.3 is 5.11 Å². The molecule has 2 rings (SSSR count). The molecule has 1 aliphatic rings. The average Bonchev–Trinajstić information content (AvgIpc) is 1.86. The molecule has 0 fully saturated rings. The van der Waals surface area contributed by atoms with Crippen LogP contribution in [0.5, 0.6) is 5.75 Å². The Morgan fingerprint density at radius 3 is 2.90 bits per heavy atom. The highest BCUT2D eigenvalue weighted by Gasteiger charge is 2.22. The van der Waals surface area contributed by atoms with Crippen LogP contribution in [-0.2, 0) is 6.42 Å². The van der Waals surface area contributed by atoms with E-state index < -0.39 is 0 Å². The van der Waals surface area contributed by atoms with E-state index in [1.807, 2.05) is 12.1 Å². The summed E-state index contributed by atoms with van der Waals surface area (Å²) in [6, 6.07) is 5.52. The number of alkyl halides is 1. The molecule has 1 aromatic rings. The Labute approximate surface area is 67.8 Å². The van der Waals surface area contributed by atoms with Crippen molar-refractivity contribution in [3.8, 4) is 5.75 Å². The Balaban J connectivity index is 2.49. The van der Waals surface area contributed by atoms with Gasteiger partial charge in [0.2, 0.25) is 0 Å². The third kappa shape index (κ3) is 0.754. The van der Waals surface area contributed by atoms with Crippen LogP contribution in [0.2, 0.25) is 0 Å². The van der Waals surface area contributed by atoms with E-state index in [1.165, 1.54) is 11.1 Å². The maximum absolute atomic E-state index is 9.04. The van der Waals surface area contributed by atoms with Gasteiger partial charge in [-0.1, -0.05) is 22.0 Å². The van der Waals surface area contributed by atoms with Gasteiger partial charge >= 0.3 is 0 Å². The molecule has 1 atom stereocenters. The number of rotatable bonds is 0. The van der Waals surface area contributed by atoms with Gasteiger partial charge in [-0.05, 0) is 29.7 Å². The maximum Gasteiger partial charge on any atom is 0.115 e. The summed E-state index contributed by atoms with van der Waals surface area (Å²) in [7, 11) is 0. The van der Waals surface area contributed by atoms with Crippen molar-refractivity contribution < 1.29 is 5.11 Å². The molecular weight excluding hydrogens is 192 g/mol. The SMILES string of the molecule is Oc1ccc2c(c1)CC2Br. The van der Waals surface area contributed by atoms with Crippen LogP contribution in [0.1, 0.15) is 16.0 Å². The van der Waals surface area contributed by atoms with Gasteiger partial charge in [0.15, 0.2) is 0 Å². The van der Waals surface area contributed by atoms with Crippen LogP contribution in [0.3, 0.4) is 0 Å². The molecule has 1 aromatic carbocycles. The third-order valence-electron chi connectivity index (χ3n) is 1.86. The number of benzene rings is 1. The van der Waals surface area contributed by atoms with Gasteiger partial charge in [0.1, 0.15) is 5.75 Å². The van der Waals surface area contributed by atoms with Crippen LogP contribution >= 0.6 is 15.9 Å². The molecule has 0 saturated carbocycles. The van der Waals surface area contributed by atoms with E-state index in [0.717, 1.165) is 6.42 Å². The molecule has 1 N–H and O–H groups in total. The quantitative estimate of drug-likeness (QED) is 0.636. The molecule has 52 valence electrons. The number of hydrogen-bond acceptors (Lipinski definition) is 1. The lowest BCUT2D eigenvalue weighted by Gasteiger charge is -2.24. The summed E-state index contributed by atoms with van der Waals surface area (Å²) < 4.78 is 0. The number of halogens is 1. The van der Waals surface area contributed by atoms with Gasteiger partial charge in [-0.25, -0.2) is 0 Å². The van der Waals surface area contributed by atoms with Crippen LogP contribution in [-0.4, -0.2) is 5.11 Å². The van der Waals surface area contributed by atoms with Crippen LogP contribution in [0, 0.1) is 0 Å². The summed E-state index contributed by atoms with van der Waals surface area (Å²) in [6.07, 6.45) is 1.05. The van der Waals surface area contributed by atoms with Crippen molar-refractivity contribution in [1.82, 2.24) is 0 Å². The van der Waals surface area contributed by atoms with Gasteiger partial charge in [-0.2, -0.15) is 0 Å². The first-order valence-corrected chi connectivity index (χ1v) is 4.15. The zero-order valence-electron chi connectivity index (χ0n) is 5.34. The van der Waals surface area contributed by atoms with Gasteiger partial charge in [0, 0.05) is 4.83 Å². The predicted molar refractivity (Wildman–Crippen MR) is 43.5 cm³/mol. The molecule has 10 heavy (non-hydrogen) atoms. The van der Waals surface area contributed by atoms with Gasteiger partial charge in [-0.15, -0.1) is 0 Å². The summed E-state index contributed by atoms with van der Waals surface area (Å²) in [5.41, 5.74) is 2.58. The first-order chi connectivity index (χ1) is 4.77. The number of fused-ring (bicyclic) bond motifs is 1. The molecule has 0 spiro atoms. The number of phenols is 1. The second kappa shape index (κ2) is 1.99. The lowest BCUT2D eigenvalue weighted by Crippen LogP contribution is -2.10. The fourth-order valence-corrected chi connectivity index (χ4v) is 2.04. The standard InChI is InChI=1S/C8H7BrO/c9-8-4-5-3-6(10)1-2-7(5)8/h1-3,8,10H,4H2. The second-order valence-corrected chi connectivity index (χ2v) is 3.66. The molecule has 2 heteroatoms. The second-order valence-electron chi connectivity index (χ2n) is 2.55. The van der Waals surface area contributed by atoms with Crippen molar-refractivity contribution in [2.24, 2.45) is 0 Å². The van der Waals surface area contributed by atoms with Crippen molar-refractivity contribution in [3.63, 3.8) is 0 Å². The van der Waals surface area contributed by atoms with Crippen molar-refractivity contribution in [2.45, 2.75) is 11.2 Å². The summed E-state index contributed by atoms with van der Waals surface area (Å²) in [4.78, 5) is 0.517. The van der Waals surface area contributed by atoms with E-state index >= 15 is 0 Å². The zero-order chi connectivity index (χ0) is 7.14. The molecule has 0 radical (unpaired) electrons. The third-order valence-corrected chi connectivity index (χ3v) is 2.68. The molecule has 1 aliphatic carbocycles. The fourth-order valence-electron chi connectivity index (χ4n) is 1.25. The lowest BCUT2D eigenvalue weighted by atomic mass is 9.88. The predicted octanol–water partition coefficient (Wildman–Crippen LogP) is 2.38. The Morgan fingerprint density at radius 2 is 2.30 bits per heavy atom. The lowest BCUT2D eigenvalue weighted by molar-refractivity contribution is 0.473. The van der Waals surface area contributed by atoms with E-state index in [4.69, 9.17) is 5.11 Å². The summed E-state index contributed by atoms with van der Waals surface area (Å²) in [6.45, 7) is 0. The monoisotopic (exact) mass is 198 g/mol. The largest absolute Gasteiger partial charge is 0.508 e. The van der Waals surface area contributed by atoms with Gasteiger partial charge in [-0.3, -0.25) is 0 Å². The van der Waals surface area contributed by atoms with Gasteiger partial charge in [0.25, 0.3) is 0 Å². The highest BCUT2D eigenvalue weighted by Crippen LogP contribution is 2.40. The highest BCUT2D eigenvalue weighted by atomic mass is 79.9. The first kappa shape index (κ1) is 6.23. The van der Waals surface area contributed by atoms with Crippen molar-refractivity contribution in [3.05, 3.63) is 29.3 Å². The van der Waals surface area contributed by atoms with E-state index in [0.29, 0.717) is 10.6 Å². The number of aromatic hydroxyl groups is 1. The molecule has 0 amide bonds. The number of hydrogen-bond donors (Lipinski definition) is 1. The van der Waals surface area contributed by atoms with Crippen molar-refractivity contribution >= 4 is 15.9 Å². The van der Waals surface area contributed by atoms with Crippen LogP contribution in [0.15, 0.2) is 18.2 Å². The highest BCUT2D eigenvalue weighted by molar-refractivity contribution is 9.09. The van der Waals surface area contributed by atoms with Crippen LogP contribution in [0.4, 0.5) is 0 Å². The molecule has 1 nitrogen and oxygen atoms in total. The molecule has 0 aromatic heterocycles. The van der Waals surface area contributed by atoms with E-state index in [9.17, 15) is 0 Å². The normalized spacial score (nSPS) is 21.5. The summed E-state index contributed by atoms with van der Waals surface area (Å²) >= 11 is 3.50. The molecule has 0 heterocycles. The Hall–Kier alpha value is -0.500.